The van der Waals surface area contributed by atoms with Crippen LogP contribution < -0.4 is 9.47 Å². The third-order valence-electron chi connectivity index (χ3n) is 5.52. The van der Waals surface area contributed by atoms with Gasteiger partial charge in [0.25, 0.3) is 20.1 Å². The molecule has 0 radical (unpaired) electrons. The van der Waals surface area contributed by atoms with Gasteiger partial charge in [-0.25, -0.2) is 8.42 Å². The lowest BCUT2D eigenvalue weighted by Crippen LogP contribution is -2.54. The SMILES string of the molecule is COc1ccc(C(OC(C)(O)S(=O)(=O)C(C)(O)O)(c2ccccc2)c2ccc(OC)cc2)cc1. The van der Waals surface area contributed by atoms with Gasteiger partial charge in [-0.05, 0) is 41.0 Å². The lowest BCUT2D eigenvalue weighted by molar-refractivity contribution is -0.189. The zero-order chi connectivity index (χ0) is 25.2. The van der Waals surface area contributed by atoms with Gasteiger partial charge in [0.05, 0.1) is 14.2 Å². The van der Waals surface area contributed by atoms with Crippen molar-refractivity contribution in [1.82, 2.24) is 0 Å². The van der Waals surface area contributed by atoms with E-state index in [4.69, 9.17) is 14.2 Å². The van der Waals surface area contributed by atoms with E-state index in [9.17, 15) is 23.7 Å². The van der Waals surface area contributed by atoms with Crippen molar-refractivity contribution in [3.63, 3.8) is 0 Å². The zero-order valence-electron chi connectivity index (χ0n) is 19.3. The molecular weight excluding hydrogens is 460 g/mol. The van der Waals surface area contributed by atoms with E-state index in [0.717, 1.165) is 6.92 Å². The molecular formula is C25H28O8S. The van der Waals surface area contributed by atoms with Gasteiger partial charge >= 0.3 is 0 Å². The maximum Gasteiger partial charge on any atom is 0.275 e. The monoisotopic (exact) mass is 488 g/mol. The van der Waals surface area contributed by atoms with Crippen molar-refractivity contribution in [3.8, 4) is 11.5 Å². The van der Waals surface area contributed by atoms with Crippen molar-refractivity contribution in [2.75, 3.05) is 14.2 Å². The summed E-state index contributed by atoms with van der Waals surface area (Å²) in [5.41, 5.74) is -0.296. The fourth-order valence-electron chi connectivity index (χ4n) is 3.70. The Morgan fingerprint density at radius 1 is 0.647 bits per heavy atom. The number of benzene rings is 3. The summed E-state index contributed by atoms with van der Waals surface area (Å²) in [5, 5.41) is 24.7. The van der Waals surface area contributed by atoms with E-state index in [-0.39, 0.29) is 0 Å². The van der Waals surface area contributed by atoms with Crippen LogP contribution in [0.25, 0.3) is 0 Å². The summed E-state index contributed by atoms with van der Waals surface area (Å²) in [5.74, 6) is 1.11. The summed E-state index contributed by atoms with van der Waals surface area (Å²) in [6.07, 6.45) is 0. The van der Waals surface area contributed by atoms with Crippen LogP contribution in [0.2, 0.25) is 0 Å². The third-order valence-corrected chi connectivity index (χ3v) is 7.62. The quantitative estimate of drug-likeness (QED) is 0.310. The number of methoxy groups -OCH3 is 2. The number of aliphatic hydroxyl groups is 3. The number of ether oxygens (including phenoxy) is 3. The van der Waals surface area contributed by atoms with Gasteiger partial charge in [0.1, 0.15) is 17.1 Å². The van der Waals surface area contributed by atoms with Crippen molar-refractivity contribution < 1.29 is 37.9 Å². The first-order valence-corrected chi connectivity index (χ1v) is 11.8. The predicted octanol–water partition coefficient (Wildman–Crippen LogP) is 2.75. The van der Waals surface area contributed by atoms with E-state index in [1.165, 1.54) is 14.2 Å². The topological polar surface area (TPSA) is 123 Å². The highest BCUT2D eigenvalue weighted by molar-refractivity contribution is 7.93. The van der Waals surface area contributed by atoms with E-state index < -0.39 is 25.7 Å². The molecule has 9 heteroatoms. The molecule has 1 unspecified atom stereocenters. The molecule has 0 spiro atoms. The van der Waals surface area contributed by atoms with Gasteiger partial charge in [-0.3, -0.25) is 0 Å². The van der Waals surface area contributed by atoms with Crippen LogP contribution in [0.3, 0.4) is 0 Å². The Morgan fingerprint density at radius 3 is 1.38 bits per heavy atom. The van der Waals surface area contributed by atoms with Crippen molar-refractivity contribution in [2.24, 2.45) is 0 Å². The summed E-state index contributed by atoms with van der Waals surface area (Å²) in [6, 6.07) is 22.1. The van der Waals surface area contributed by atoms with Crippen LogP contribution in [0.15, 0.2) is 78.9 Å². The van der Waals surface area contributed by atoms with Crippen LogP contribution >= 0.6 is 0 Å². The largest absolute Gasteiger partial charge is 0.497 e. The van der Waals surface area contributed by atoms with Crippen LogP contribution in [0, 0.1) is 0 Å². The van der Waals surface area contributed by atoms with Crippen molar-refractivity contribution >= 4 is 9.84 Å². The maximum atomic E-state index is 12.9. The summed E-state index contributed by atoms with van der Waals surface area (Å²) < 4.78 is 42.5. The molecule has 0 fully saturated rings. The average molecular weight is 489 g/mol. The number of sulfone groups is 1. The van der Waals surface area contributed by atoms with Gasteiger partial charge in [0, 0.05) is 13.8 Å². The van der Waals surface area contributed by atoms with Gasteiger partial charge in [-0.15, -0.1) is 0 Å². The summed E-state index contributed by atoms with van der Waals surface area (Å²) >= 11 is 0. The minimum Gasteiger partial charge on any atom is -0.497 e. The van der Waals surface area contributed by atoms with Crippen LogP contribution in [0.1, 0.15) is 30.5 Å². The van der Waals surface area contributed by atoms with Gasteiger partial charge in [-0.1, -0.05) is 54.6 Å². The molecule has 0 aliphatic rings. The molecule has 182 valence electrons. The molecule has 0 amide bonds. The standard InChI is InChI=1S/C25H28O8S/c1-23(26,27)34(29,30)24(2,28)33-25(18-8-6-5-7-9-18,19-10-14-21(31-3)15-11-19)20-12-16-22(32-4)17-13-20/h5-17,26-28H,1-4H3. The van der Waals surface area contributed by atoms with Gasteiger partial charge in [0.15, 0.2) is 0 Å². The van der Waals surface area contributed by atoms with Gasteiger partial charge in [0.2, 0.25) is 0 Å². The summed E-state index contributed by atoms with van der Waals surface area (Å²) in [6.45, 7) is 1.50. The van der Waals surface area contributed by atoms with E-state index in [1.54, 1.807) is 78.9 Å². The lowest BCUT2D eigenvalue weighted by Gasteiger charge is -2.41. The van der Waals surface area contributed by atoms with Gasteiger partial charge in [-0.2, -0.15) is 0 Å². The molecule has 34 heavy (non-hydrogen) atoms. The van der Waals surface area contributed by atoms with Crippen molar-refractivity contribution in [2.45, 2.75) is 29.7 Å². The molecule has 8 nitrogen and oxygen atoms in total. The number of rotatable bonds is 9. The molecule has 0 aliphatic heterocycles. The Bertz CT molecular complexity index is 1150. The maximum absolute atomic E-state index is 12.9. The highest BCUT2D eigenvalue weighted by atomic mass is 32.2. The third kappa shape index (κ3) is 4.53. The second kappa shape index (κ2) is 9.36. The molecule has 0 aromatic heterocycles. The second-order valence-corrected chi connectivity index (χ2v) is 10.5. The summed E-state index contributed by atoms with van der Waals surface area (Å²) in [4.78, 5) is 0. The minimum atomic E-state index is -5.06. The minimum absolute atomic E-state index is 0.456. The summed E-state index contributed by atoms with van der Waals surface area (Å²) in [7, 11) is -2.04. The van der Waals surface area contributed by atoms with Crippen molar-refractivity contribution in [1.29, 1.82) is 0 Å². The smallest absolute Gasteiger partial charge is 0.275 e. The lowest BCUT2D eigenvalue weighted by atomic mass is 9.80. The number of hydrogen-bond acceptors (Lipinski definition) is 8. The van der Waals surface area contributed by atoms with Crippen LogP contribution in [-0.2, 0) is 20.2 Å². The fraction of sp³-hybridized carbons (Fsp3) is 0.280. The first-order chi connectivity index (χ1) is 15.9. The first-order valence-electron chi connectivity index (χ1n) is 10.3. The first kappa shape index (κ1) is 25.7. The Kier molecular flexibility index (Phi) is 7.07. The second-order valence-electron chi connectivity index (χ2n) is 7.94. The van der Waals surface area contributed by atoms with E-state index >= 15 is 0 Å². The van der Waals surface area contributed by atoms with Crippen molar-refractivity contribution in [3.05, 3.63) is 95.6 Å². The Balaban J connectivity index is 2.37. The Morgan fingerprint density at radius 2 is 1.03 bits per heavy atom. The zero-order valence-corrected chi connectivity index (χ0v) is 20.1. The molecule has 0 heterocycles. The van der Waals surface area contributed by atoms with Crippen LogP contribution in [0.5, 0.6) is 11.5 Å². The fourth-order valence-corrected chi connectivity index (χ4v) is 4.65. The Labute approximate surface area is 198 Å². The van der Waals surface area contributed by atoms with E-state index in [0.29, 0.717) is 35.1 Å². The van der Waals surface area contributed by atoms with E-state index in [2.05, 4.69) is 0 Å². The molecule has 0 saturated heterocycles. The molecule has 3 rings (SSSR count). The highest BCUT2D eigenvalue weighted by Crippen LogP contribution is 2.45. The molecule has 0 aliphatic carbocycles. The average Bonchev–Trinajstić information content (AvgIpc) is 2.82. The molecule has 3 aromatic carbocycles. The van der Waals surface area contributed by atoms with Gasteiger partial charge < -0.3 is 29.5 Å². The molecule has 3 aromatic rings. The highest BCUT2D eigenvalue weighted by Gasteiger charge is 2.55. The molecule has 1 atom stereocenters. The van der Waals surface area contributed by atoms with E-state index in [1.807, 2.05) is 0 Å². The van der Waals surface area contributed by atoms with Crippen LogP contribution in [-0.4, -0.2) is 48.2 Å². The normalized spacial score (nSPS) is 14.3. The van der Waals surface area contributed by atoms with Crippen LogP contribution in [0.4, 0.5) is 0 Å². The molecule has 3 N–H and O–H groups in total. The molecule has 0 bridgehead atoms. The Hall–Kier alpha value is -2.95. The predicted molar refractivity (Wildman–Crippen MR) is 126 cm³/mol. The number of hydrogen-bond donors (Lipinski definition) is 3. The molecule has 0 saturated carbocycles.